The van der Waals surface area contributed by atoms with Gasteiger partial charge in [-0.15, -0.1) is 0 Å². The summed E-state index contributed by atoms with van der Waals surface area (Å²) in [5.41, 5.74) is 0. The normalized spacial score (nSPS) is 24.0. The van der Waals surface area contributed by atoms with Crippen LogP contribution in [0.2, 0.25) is 0 Å². The average Bonchev–Trinajstić information content (AvgIpc) is 2.20. The van der Waals surface area contributed by atoms with Gasteiger partial charge in [0, 0.05) is 38.9 Å². The minimum absolute atomic E-state index is 0.704. The molecule has 3 heteroatoms. The Balaban J connectivity index is 1.99. The number of rotatable bonds is 6. The van der Waals surface area contributed by atoms with Crippen molar-refractivity contribution in [2.75, 3.05) is 39.4 Å². The molecule has 0 aliphatic carbocycles. The standard InChI is InChI=1S/C11H24N2O/c1-3-14-9-5-4-7-13-8-6-12-10-11(13)2/h11-12H,3-10H2,1-2H3/t11-/m0/s1. The van der Waals surface area contributed by atoms with E-state index >= 15 is 0 Å². The van der Waals surface area contributed by atoms with E-state index in [-0.39, 0.29) is 0 Å². The van der Waals surface area contributed by atoms with Crippen LogP contribution in [0.4, 0.5) is 0 Å². The minimum Gasteiger partial charge on any atom is -0.382 e. The molecule has 84 valence electrons. The number of ether oxygens (including phenoxy) is 1. The molecule has 0 aromatic carbocycles. The SMILES string of the molecule is CCOCCCCN1CCNC[C@@H]1C. The minimum atomic E-state index is 0.704. The molecular formula is C11H24N2O. The van der Waals surface area contributed by atoms with Gasteiger partial charge in [-0.25, -0.2) is 0 Å². The topological polar surface area (TPSA) is 24.5 Å². The van der Waals surface area contributed by atoms with Crippen LogP contribution in [0.3, 0.4) is 0 Å². The molecule has 0 aromatic rings. The van der Waals surface area contributed by atoms with E-state index in [1.165, 1.54) is 25.9 Å². The molecule has 0 spiro atoms. The third-order valence-electron chi connectivity index (χ3n) is 2.83. The van der Waals surface area contributed by atoms with Crippen molar-refractivity contribution in [1.82, 2.24) is 10.2 Å². The summed E-state index contributed by atoms with van der Waals surface area (Å²) in [5, 5.41) is 3.41. The summed E-state index contributed by atoms with van der Waals surface area (Å²) < 4.78 is 5.32. The zero-order chi connectivity index (χ0) is 10.2. The molecule has 3 nitrogen and oxygen atoms in total. The van der Waals surface area contributed by atoms with Gasteiger partial charge >= 0.3 is 0 Å². The number of piperazine rings is 1. The van der Waals surface area contributed by atoms with Crippen LogP contribution >= 0.6 is 0 Å². The molecule has 14 heavy (non-hydrogen) atoms. The molecule has 0 unspecified atom stereocenters. The highest BCUT2D eigenvalue weighted by molar-refractivity contribution is 4.75. The lowest BCUT2D eigenvalue weighted by Gasteiger charge is -2.33. The van der Waals surface area contributed by atoms with Crippen LogP contribution < -0.4 is 5.32 Å². The van der Waals surface area contributed by atoms with Crippen LogP contribution in [0.5, 0.6) is 0 Å². The Kier molecular flexibility index (Phi) is 6.15. The van der Waals surface area contributed by atoms with Crippen molar-refractivity contribution >= 4 is 0 Å². The molecule has 0 amide bonds. The molecule has 1 atom stereocenters. The van der Waals surface area contributed by atoms with Gasteiger partial charge in [-0.3, -0.25) is 4.90 Å². The lowest BCUT2D eigenvalue weighted by atomic mass is 10.2. The quantitative estimate of drug-likeness (QED) is 0.650. The zero-order valence-electron chi connectivity index (χ0n) is 9.59. The van der Waals surface area contributed by atoms with Crippen molar-refractivity contribution in [3.05, 3.63) is 0 Å². The average molecular weight is 200 g/mol. The molecule has 0 bridgehead atoms. The smallest absolute Gasteiger partial charge is 0.0466 e. The van der Waals surface area contributed by atoms with E-state index in [1.54, 1.807) is 0 Å². The van der Waals surface area contributed by atoms with Crippen LogP contribution in [-0.2, 0) is 4.74 Å². The second-order valence-corrected chi connectivity index (χ2v) is 3.99. The number of nitrogens with zero attached hydrogens (tertiary/aromatic N) is 1. The van der Waals surface area contributed by atoms with Gasteiger partial charge in [-0.2, -0.15) is 0 Å². The number of hydrogen-bond donors (Lipinski definition) is 1. The highest BCUT2D eigenvalue weighted by Crippen LogP contribution is 2.04. The Labute approximate surface area is 87.8 Å². The maximum atomic E-state index is 5.32. The van der Waals surface area contributed by atoms with Gasteiger partial charge in [0.25, 0.3) is 0 Å². The molecule has 1 heterocycles. The Morgan fingerprint density at radius 1 is 1.43 bits per heavy atom. The van der Waals surface area contributed by atoms with Crippen LogP contribution in [0.1, 0.15) is 26.7 Å². The number of unbranched alkanes of at least 4 members (excludes halogenated alkanes) is 1. The molecule has 1 saturated heterocycles. The Hall–Kier alpha value is -0.120. The monoisotopic (exact) mass is 200 g/mol. The first-order valence-electron chi connectivity index (χ1n) is 5.87. The van der Waals surface area contributed by atoms with E-state index in [0.717, 1.165) is 26.3 Å². The molecule has 1 aliphatic rings. The molecule has 0 saturated carbocycles. The third-order valence-corrected chi connectivity index (χ3v) is 2.83. The zero-order valence-corrected chi connectivity index (χ0v) is 9.59. The van der Waals surface area contributed by atoms with Crippen LogP contribution in [0, 0.1) is 0 Å². The van der Waals surface area contributed by atoms with Crippen molar-refractivity contribution in [3.8, 4) is 0 Å². The maximum Gasteiger partial charge on any atom is 0.0466 e. The fraction of sp³-hybridized carbons (Fsp3) is 1.00. The Morgan fingerprint density at radius 2 is 2.29 bits per heavy atom. The summed E-state index contributed by atoms with van der Waals surface area (Å²) in [5.74, 6) is 0. The summed E-state index contributed by atoms with van der Waals surface area (Å²) in [7, 11) is 0. The molecule has 1 rings (SSSR count). The van der Waals surface area contributed by atoms with Gasteiger partial charge in [-0.05, 0) is 33.2 Å². The lowest BCUT2D eigenvalue weighted by molar-refractivity contribution is 0.130. The molecule has 1 N–H and O–H groups in total. The van der Waals surface area contributed by atoms with Crippen LogP contribution in [0.15, 0.2) is 0 Å². The summed E-state index contributed by atoms with van der Waals surface area (Å²) >= 11 is 0. The van der Waals surface area contributed by atoms with Crippen molar-refractivity contribution in [1.29, 1.82) is 0 Å². The summed E-state index contributed by atoms with van der Waals surface area (Å²) in [6.45, 7) is 10.9. The Morgan fingerprint density at radius 3 is 3.00 bits per heavy atom. The second kappa shape index (κ2) is 7.21. The van der Waals surface area contributed by atoms with Gasteiger partial charge in [-0.1, -0.05) is 0 Å². The van der Waals surface area contributed by atoms with Gasteiger partial charge < -0.3 is 10.1 Å². The number of hydrogen-bond acceptors (Lipinski definition) is 3. The van der Waals surface area contributed by atoms with Crippen LogP contribution in [-0.4, -0.2) is 50.3 Å². The van der Waals surface area contributed by atoms with Gasteiger partial charge in [0.05, 0.1) is 0 Å². The van der Waals surface area contributed by atoms with Crippen LogP contribution in [0.25, 0.3) is 0 Å². The van der Waals surface area contributed by atoms with E-state index in [0.29, 0.717) is 6.04 Å². The first kappa shape index (κ1) is 12.0. The molecule has 1 aliphatic heterocycles. The lowest BCUT2D eigenvalue weighted by Crippen LogP contribution is -2.49. The van der Waals surface area contributed by atoms with Crippen molar-refractivity contribution in [3.63, 3.8) is 0 Å². The first-order chi connectivity index (χ1) is 6.84. The third kappa shape index (κ3) is 4.40. The fourth-order valence-electron chi connectivity index (χ4n) is 1.88. The van der Waals surface area contributed by atoms with E-state index in [9.17, 15) is 0 Å². The Bertz CT molecular complexity index is 141. The molecule has 1 fully saturated rings. The summed E-state index contributed by atoms with van der Waals surface area (Å²) in [6, 6.07) is 0.704. The van der Waals surface area contributed by atoms with Gasteiger partial charge in [0.2, 0.25) is 0 Å². The van der Waals surface area contributed by atoms with E-state index in [4.69, 9.17) is 4.74 Å². The highest BCUT2D eigenvalue weighted by atomic mass is 16.5. The van der Waals surface area contributed by atoms with E-state index in [2.05, 4.69) is 24.1 Å². The predicted octanol–water partition coefficient (Wildman–Crippen LogP) is 1.10. The van der Waals surface area contributed by atoms with Crippen molar-refractivity contribution in [2.45, 2.75) is 32.7 Å². The highest BCUT2D eigenvalue weighted by Gasteiger charge is 2.16. The fourth-order valence-corrected chi connectivity index (χ4v) is 1.88. The predicted molar refractivity (Wildman–Crippen MR) is 59.6 cm³/mol. The van der Waals surface area contributed by atoms with Crippen molar-refractivity contribution < 1.29 is 4.74 Å². The van der Waals surface area contributed by atoms with E-state index in [1.807, 2.05) is 0 Å². The second-order valence-electron chi connectivity index (χ2n) is 3.99. The van der Waals surface area contributed by atoms with Crippen molar-refractivity contribution in [2.24, 2.45) is 0 Å². The number of nitrogens with one attached hydrogen (secondary N) is 1. The summed E-state index contributed by atoms with van der Waals surface area (Å²) in [4.78, 5) is 2.57. The first-order valence-corrected chi connectivity index (χ1v) is 5.87. The van der Waals surface area contributed by atoms with Gasteiger partial charge in [0.15, 0.2) is 0 Å². The van der Waals surface area contributed by atoms with E-state index < -0.39 is 0 Å². The van der Waals surface area contributed by atoms with Gasteiger partial charge in [0.1, 0.15) is 0 Å². The summed E-state index contributed by atoms with van der Waals surface area (Å²) in [6.07, 6.45) is 2.47. The largest absolute Gasteiger partial charge is 0.382 e. The maximum absolute atomic E-state index is 5.32. The molecular weight excluding hydrogens is 176 g/mol. The molecule has 0 radical (unpaired) electrons. The molecule has 0 aromatic heterocycles.